The van der Waals surface area contributed by atoms with Gasteiger partial charge in [-0.25, -0.2) is 0 Å². The van der Waals surface area contributed by atoms with Crippen molar-refractivity contribution in [1.29, 1.82) is 0 Å². The lowest BCUT2D eigenvalue weighted by Gasteiger charge is -2.13. The molecule has 1 heteroatoms. The van der Waals surface area contributed by atoms with Gasteiger partial charge in [-0.2, -0.15) is 0 Å². The standard InChI is InChI=1S/C9H13Br/c1-8(7-10)9-5-3-2-4-6-9/h2-3,5,8H,4,6-7H2,1H3/t8-/m0/s1. The van der Waals surface area contributed by atoms with E-state index in [9.17, 15) is 0 Å². The Balaban J connectivity index is 2.53. The molecule has 0 radical (unpaired) electrons. The third-order valence-electron chi connectivity index (χ3n) is 1.91. The van der Waals surface area contributed by atoms with E-state index in [0.29, 0.717) is 5.92 Å². The minimum Gasteiger partial charge on any atom is -0.0922 e. The lowest BCUT2D eigenvalue weighted by Crippen LogP contribution is -2.01. The van der Waals surface area contributed by atoms with Crippen LogP contribution in [0.5, 0.6) is 0 Å². The number of halogens is 1. The van der Waals surface area contributed by atoms with Crippen LogP contribution in [0.25, 0.3) is 0 Å². The van der Waals surface area contributed by atoms with Crippen LogP contribution in [0.2, 0.25) is 0 Å². The van der Waals surface area contributed by atoms with Gasteiger partial charge in [0.25, 0.3) is 0 Å². The molecule has 0 aromatic carbocycles. The molecule has 0 aliphatic heterocycles. The SMILES string of the molecule is C[C@@H](CBr)C1=CC=CCC1. The fourth-order valence-corrected chi connectivity index (χ4v) is 1.55. The van der Waals surface area contributed by atoms with Crippen LogP contribution >= 0.6 is 15.9 Å². The number of allylic oxidation sites excluding steroid dienone is 4. The maximum absolute atomic E-state index is 3.49. The van der Waals surface area contributed by atoms with E-state index >= 15 is 0 Å². The lowest BCUT2D eigenvalue weighted by molar-refractivity contribution is 0.724. The molecule has 0 heterocycles. The van der Waals surface area contributed by atoms with Crippen molar-refractivity contribution in [2.24, 2.45) is 5.92 Å². The predicted molar refractivity (Wildman–Crippen MR) is 49.4 cm³/mol. The van der Waals surface area contributed by atoms with E-state index in [-0.39, 0.29) is 0 Å². The first-order valence-electron chi connectivity index (χ1n) is 3.76. The highest BCUT2D eigenvalue weighted by Gasteiger charge is 2.06. The highest BCUT2D eigenvalue weighted by Crippen LogP contribution is 2.21. The van der Waals surface area contributed by atoms with Gasteiger partial charge < -0.3 is 0 Å². The van der Waals surface area contributed by atoms with Crippen molar-refractivity contribution < 1.29 is 0 Å². The summed E-state index contributed by atoms with van der Waals surface area (Å²) in [5.74, 6) is 0.713. The first kappa shape index (κ1) is 8.06. The van der Waals surface area contributed by atoms with Crippen molar-refractivity contribution in [1.82, 2.24) is 0 Å². The van der Waals surface area contributed by atoms with Crippen molar-refractivity contribution in [3.8, 4) is 0 Å². The molecule has 0 unspecified atom stereocenters. The van der Waals surface area contributed by atoms with Gasteiger partial charge in [0.1, 0.15) is 0 Å². The van der Waals surface area contributed by atoms with Crippen LogP contribution < -0.4 is 0 Å². The van der Waals surface area contributed by atoms with E-state index in [1.54, 1.807) is 5.57 Å². The molecule has 0 nitrogen and oxygen atoms in total. The van der Waals surface area contributed by atoms with Gasteiger partial charge in [0, 0.05) is 5.33 Å². The number of rotatable bonds is 2. The van der Waals surface area contributed by atoms with Crippen LogP contribution in [-0.4, -0.2) is 5.33 Å². The molecule has 0 spiro atoms. The zero-order valence-corrected chi connectivity index (χ0v) is 7.89. The highest BCUT2D eigenvalue weighted by atomic mass is 79.9. The molecule has 56 valence electrons. The second-order valence-electron chi connectivity index (χ2n) is 2.76. The lowest BCUT2D eigenvalue weighted by atomic mass is 9.95. The fourth-order valence-electron chi connectivity index (χ4n) is 1.13. The van der Waals surface area contributed by atoms with Gasteiger partial charge in [0.2, 0.25) is 0 Å². The van der Waals surface area contributed by atoms with Gasteiger partial charge in [-0.15, -0.1) is 0 Å². The van der Waals surface area contributed by atoms with Crippen molar-refractivity contribution in [3.05, 3.63) is 23.8 Å². The quantitative estimate of drug-likeness (QED) is 0.601. The Hall–Kier alpha value is -0.0400. The molecule has 0 saturated carbocycles. The zero-order chi connectivity index (χ0) is 7.40. The molecule has 1 atom stereocenters. The molecule has 0 saturated heterocycles. The Bertz CT molecular complexity index is 156. The minimum absolute atomic E-state index is 0.713. The van der Waals surface area contributed by atoms with Gasteiger partial charge in [0.05, 0.1) is 0 Å². The van der Waals surface area contributed by atoms with E-state index in [1.807, 2.05) is 0 Å². The summed E-state index contributed by atoms with van der Waals surface area (Å²) < 4.78 is 0. The Morgan fingerprint density at radius 3 is 3.00 bits per heavy atom. The molecule has 1 rings (SSSR count). The summed E-state index contributed by atoms with van der Waals surface area (Å²) in [6.07, 6.45) is 9.12. The van der Waals surface area contributed by atoms with Crippen LogP contribution in [0.15, 0.2) is 23.8 Å². The van der Waals surface area contributed by atoms with Gasteiger partial charge in [-0.3, -0.25) is 0 Å². The first-order valence-corrected chi connectivity index (χ1v) is 4.88. The van der Waals surface area contributed by atoms with E-state index < -0.39 is 0 Å². The molecule has 0 N–H and O–H groups in total. The third kappa shape index (κ3) is 1.98. The van der Waals surface area contributed by atoms with Crippen LogP contribution in [0, 0.1) is 5.92 Å². The molecule has 1 aliphatic carbocycles. The number of hydrogen-bond acceptors (Lipinski definition) is 0. The Morgan fingerprint density at radius 1 is 1.70 bits per heavy atom. The molecular weight excluding hydrogens is 188 g/mol. The van der Waals surface area contributed by atoms with Gasteiger partial charge in [-0.05, 0) is 18.8 Å². The molecule has 0 fully saturated rings. The fraction of sp³-hybridized carbons (Fsp3) is 0.556. The van der Waals surface area contributed by atoms with Crippen molar-refractivity contribution in [2.75, 3.05) is 5.33 Å². The molecular formula is C9H13Br. The summed E-state index contributed by atoms with van der Waals surface area (Å²) in [5, 5.41) is 1.09. The summed E-state index contributed by atoms with van der Waals surface area (Å²) >= 11 is 3.49. The van der Waals surface area contributed by atoms with Crippen molar-refractivity contribution in [3.63, 3.8) is 0 Å². The first-order chi connectivity index (χ1) is 4.84. The normalized spacial score (nSPS) is 20.4. The zero-order valence-electron chi connectivity index (χ0n) is 6.31. The number of alkyl halides is 1. The summed E-state index contributed by atoms with van der Waals surface area (Å²) in [6.45, 7) is 2.26. The molecule has 0 amide bonds. The Labute approximate surface area is 71.1 Å². The molecule has 1 aliphatic rings. The monoisotopic (exact) mass is 200 g/mol. The molecule has 0 bridgehead atoms. The van der Waals surface area contributed by atoms with Crippen LogP contribution in [0.4, 0.5) is 0 Å². The van der Waals surface area contributed by atoms with Gasteiger partial charge >= 0.3 is 0 Å². The van der Waals surface area contributed by atoms with Gasteiger partial charge in [0.15, 0.2) is 0 Å². The smallest absolute Gasteiger partial charge is 0.00944 e. The summed E-state index contributed by atoms with van der Waals surface area (Å²) in [4.78, 5) is 0. The maximum atomic E-state index is 3.49. The average molecular weight is 201 g/mol. The van der Waals surface area contributed by atoms with E-state index in [1.165, 1.54) is 12.8 Å². The van der Waals surface area contributed by atoms with Crippen LogP contribution in [0.3, 0.4) is 0 Å². The molecule has 0 aromatic rings. The predicted octanol–water partition coefficient (Wildman–Crippen LogP) is 3.29. The minimum atomic E-state index is 0.713. The molecule has 10 heavy (non-hydrogen) atoms. The Kier molecular flexibility index (Phi) is 3.20. The van der Waals surface area contributed by atoms with Gasteiger partial charge in [-0.1, -0.05) is 46.7 Å². The van der Waals surface area contributed by atoms with E-state index in [4.69, 9.17) is 0 Å². The summed E-state index contributed by atoms with van der Waals surface area (Å²) in [7, 11) is 0. The van der Waals surface area contributed by atoms with Crippen LogP contribution in [0.1, 0.15) is 19.8 Å². The van der Waals surface area contributed by atoms with Crippen molar-refractivity contribution in [2.45, 2.75) is 19.8 Å². The summed E-state index contributed by atoms with van der Waals surface area (Å²) in [5.41, 5.74) is 1.58. The highest BCUT2D eigenvalue weighted by molar-refractivity contribution is 9.09. The molecule has 0 aromatic heterocycles. The van der Waals surface area contributed by atoms with E-state index in [0.717, 1.165) is 5.33 Å². The Morgan fingerprint density at radius 2 is 2.50 bits per heavy atom. The second kappa shape index (κ2) is 3.97. The number of hydrogen-bond donors (Lipinski definition) is 0. The van der Waals surface area contributed by atoms with Crippen LogP contribution in [-0.2, 0) is 0 Å². The van der Waals surface area contributed by atoms with Crippen molar-refractivity contribution >= 4 is 15.9 Å². The average Bonchev–Trinajstić information content (AvgIpc) is 2.05. The van der Waals surface area contributed by atoms with E-state index in [2.05, 4.69) is 41.1 Å². The largest absolute Gasteiger partial charge is 0.0922 e. The summed E-state index contributed by atoms with van der Waals surface area (Å²) in [6, 6.07) is 0. The maximum Gasteiger partial charge on any atom is 0.00944 e. The second-order valence-corrected chi connectivity index (χ2v) is 3.41. The third-order valence-corrected chi connectivity index (χ3v) is 2.88. The topological polar surface area (TPSA) is 0 Å².